The Morgan fingerprint density at radius 3 is 2.20 bits per heavy atom. The van der Waals surface area contributed by atoms with Crippen molar-refractivity contribution >= 4 is 5.91 Å². The van der Waals surface area contributed by atoms with Crippen molar-refractivity contribution in [3.63, 3.8) is 0 Å². The van der Waals surface area contributed by atoms with E-state index in [4.69, 9.17) is 4.74 Å². The lowest BCUT2D eigenvalue weighted by atomic mass is 9.74. The van der Waals surface area contributed by atoms with Crippen molar-refractivity contribution in [3.8, 4) is 0 Å². The summed E-state index contributed by atoms with van der Waals surface area (Å²) in [5.41, 5.74) is 1.44. The Morgan fingerprint density at radius 1 is 0.943 bits per heavy atom. The van der Waals surface area contributed by atoms with Crippen molar-refractivity contribution in [1.82, 2.24) is 15.1 Å². The Balaban J connectivity index is 1.48. The van der Waals surface area contributed by atoms with Gasteiger partial charge < -0.3 is 15.0 Å². The van der Waals surface area contributed by atoms with E-state index >= 15 is 0 Å². The summed E-state index contributed by atoms with van der Waals surface area (Å²) in [6.45, 7) is 7.77. The van der Waals surface area contributed by atoms with E-state index in [1.807, 2.05) is 18.2 Å². The molecule has 0 aromatic heterocycles. The van der Waals surface area contributed by atoms with Gasteiger partial charge in [0.05, 0.1) is 0 Å². The second-order valence-corrected chi connectivity index (χ2v) is 10.4. The molecule has 35 heavy (non-hydrogen) atoms. The van der Waals surface area contributed by atoms with Gasteiger partial charge in [0, 0.05) is 38.2 Å². The molecule has 2 aliphatic rings. The molecule has 0 saturated carbocycles. The molecule has 2 saturated heterocycles. The summed E-state index contributed by atoms with van der Waals surface area (Å²) in [7, 11) is 2.17. The van der Waals surface area contributed by atoms with E-state index in [0.29, 0.717) is 6.61 Å². The Labute approximate surface area is 211 Å². The fraction of sp³-hybridized carbons (Fsp3) is 0.567. The second-order valence-electron chi connectivity index (χ2n) is 10.4. The molecule has 0 aliphatic carbocycles. The van der Waals surface area contributed by atoms with Crippen LogP contribution in [0, 0.1) is 5.92 Å². The number of nitrogens with one attached hydrogen (secondary N) is 1. The zero-order valence-electron chi connectivity index (χ0n) is 21.6. The molecule has 2 aromatic rings. The monoisotopic (exact) mass is 477 g/mol. The molecule has 2 fully saturated rings. The van der Waals surface area contributed by atoms with Crippen molar-refractivity contribution in [1.29, 1.82) is 0 Å². The Kier molecular flexibility index (Phi) is 9.36. The first kappa shape index (κ1) is 25.9. The van der Waals surface area contributed by atoms with Crippen LogP contribution in [-0.2, 0) is 21.7 Å². The van der Waals surface area contributed by atoms with E-state index in [-0.39, 0.29) is 17.9 Å². The van der Waals surface area contributed by atoms with Crippen LogP contribution >= 0.6 is 0 Å². The quantitative estimate of drug-likeness (QED) is 0.498. The fourth-order valence-corrected chi connectivity index (χ4v) is 5.67. The molecule has 0 spiro atoms. The summed E-state index contributed by atoms with van der Waals surface area (Å²) in [6, 6.07) is 21.1. The summed E-state index contributed by atoms with van der Waals surface area (Å²) in [5, 5.41) is 3.47. The van der Waals surface area contributed by atoms with E-state index in [2.05, 4.69) is 71.6 Å². The first-order chi connectivity index (χ1) is 17.1. The molecular formula is C30H43N3O2. The van der Waals surface area contributed by atoms with Crippen molar-refractivity contribution in [2.75, 3.05) is 39.8 Å². The van der Waals surface area contributed by atoms with E-state index in [1.165, 1.54) is 5.56 Å². The second kappa shape index (κ2) is 12.7. The normalized spacial score (nSPS) is 20.4. The number of nitrogens with zero attached hydrogens (tertiary/aromatic N) is 2. The molecule has 1 unspecified atom stereocenters. The molecule has 4 rings (SSSR count). The number of hydrogen-bond donors (Lipinski definition) is 1. The topological polar surface area (TPSA) is 44.8 Å². The van der Waals surface area contributed by atoms with Crippen LogP contribution in [0.5, 0.6) is 0 Å². The van der Waals surface area contributed by atoms with Crippen molar-refractivity contribution in [2.45, 2.75) is 63.6 Å². The number of piperidine rings is 2. The number of benzene rings is 2. The van der Waals surface area contributed by atoms with Crippen LogP contribution in [0.25, 0.3) is 0 Å². The Bertz CT molecular complexity index is 890. The van der Waals surface area contributed by atoms with Gasteiger partial charge in [0.15, 0.2) is 5.60 Å². The van der Waals surface area contributed by atoms with Crippen LogP contribution in [0.2, 0.25) is 0 Å². The van der Waals surface area contributed by atoms with Gasteiger partial charge in [-0.25, -0.2) is 0 Å². The van der Waals surface area contributed by atoms with E-state index in [0.717, 1.165) is 76.8 Å². The molecule has 5 heteroatoms. The highest BCUT2D eigenvalue weighted by Gasteiger charge is 2.49. The van der Waals surface area contributed by atoms with Gasteiger partial charge in [-0.05, 0) is 63.4 Å². The average Bonchev–Trinajstić information content (AvgIpc) is 2.90. The highest BCUT2D eigenvalue weighted by atomic mass is 16.5. The molecule has 2 aromatic carbocycles. The van der Waals surface area contributed by atoms with Gasteiger partial charge in [-0.2, -0.15) is 0 Å². The number of carbonyl (C=O) groups excluding carboxylic acids is 1. The molecule has 190 valence electrons. The van der Waals surface area contributed by atoms with Gasteiger partial charge >= 0.3 is 0 Å². The van der Waals surface area contributed by atoms with Gasteiger partial charge in [0.25, 0.3) is 5.91 Å². The number of likely N-dealkylation sites (tertiary alicyclic amines) is 2. The molecular weight excluding hydrogens is 434 g/mol. The molecule has 2 aliphatic heterocycles. The zero-order chi connectivity index (χ0) is 24.5. The van der Waals surface area contributed by atoms with E-state index < -0.39 is 5.60 Å². The third-order valence-electron chi connectivity index (χ3n) is 7.83. The number of rotatable bonds is 10. The number of amides is 1. The first-order valence-corrected chi connectivity index (χ1v) is 13.6. The molecule has 1 N–H and O–H groups in total. The maximum absolute atomic E-state index is 14.2. The van der Waals surface area contributed by atoms with E-state index in [1.54, 1.807) is 0 Å². The minimum atomic E-state index is -0.918. The zero-order valence-corrected chi connectivity index (χ0v) is 21.6. The van der Waals surface area contributed by atoms with E-state index in [9.17, 15) is 4.79 Å². The Morgan fingerprint density at radius 2 is 1.57 bits per heavy atom. The fourth-order valence-electron chi connectivity index (χ4n) is 5.67. The summed E-state index contributed by atoms with van der Waals surface area (Å²) in [6.07, 6.45) is 5.92. The van der Waals surface area contributed by atoms with Gasteiger partial charge in [-0.15, -0.1) is 0 Å². The summed E-state index contributed by atoms with van der Waals surface area (Å²) in [5.74, 6) is 0.243. The van der Waals surface area contributed by atoms with Crippen LogP contribution < -0.4 is 5.32 Å². The summed E-state index contributed by atoms with van der Waals surface area (Å²) >= 11 is 0. The van der Waals surface area contributed by atoms with Gasteiger partial charge in [-0.3, -0.25) is 9.69 Å². The lowest BCUT2D eigenvalue weighted by Gasteiger charge is -2.44. The predicted molar refractivity (Wildman–Crippen MR) is 142 cm³/mol. The van der Waals surface area contributed by atoms with Gasteiger partial charge in [0.2, 0.25) is 0 Å². The maximum atomic E-state index is 14.2. The van der Waals surface area contributed by atoms with Crippen molar-refractivity contribution < 1.29 is 9.53 Å². The van der Waals surface area contributed by atoms with Crippen molar-refractivity contribution in [2.24, 2.45) is 5.92 Å². The molecule has 5 nitrogen and oxygen atoms in total. The smallest absolute Gasteiger partial charge is 0.257 e. The van der Waals surface area contributed by atoms with Crippen LogP contribution in [0.15, 0.2) is 60.7 Å². The number of ether oxygens (including phenoxy) is 1. The number of hydrogen-bond acceptors (Lipinski definition) is 4. The van der Waals surface area contributed by atoms with Crippen LogP contribution in [0.1, 0.15) is 56.6 Å². The van der Waals surface area contributed by atoms with Gasteiger partial charge in [-0.1, -0.05) is 74.0 Å². The summed E-state index contributed by atoms with van der Waals surface area (Å²) < 4.78 is 6.69. The number of unbranched alkanes of at least 4 members (excludes halogenated alkanes) is 1. The third kappa shape index (κ3) is 6.52. The average molecular weight is 478 g/mol. The first-order valence-electron chi connectivity index (χ1n) is 13.6. The molecule has 1 atom stereocenters. The maximum Gasteiger partial charge on any atom is 0.257 e. The lowest BCUT2D eigenvalue weighted by Crippen LogP contribution is -2.57. The van der Waals surface area contributed by atoms with Gasteiger partial charge in [0.1, 0.15) is 0 Å². The summed E-state index contributed by atoms with van der Waals surface area (Å²) in [4.78, 5) is 19.1. The molecule has 1 amide bonds. The third-order valence-corrected chi connectivity index (χ3v) is 7.83. The molecule has 0 radical (unpaired) electrons. The van der Waals surface area contributed by atoms with Crippen molar-refractivity contribution in [3.05, 3.63) is 71.8 Å². The Hall–Kier alpha value is -2.21. The minimum absolute atomic E-state index is 0.0656. The highest BCUT2D eigenvalue weighted by molar-refractivity contribution is 5.87. The molecule has 0 bridgehead atoms. The standard InChI is InChI=1S/C30H43N3O2/c1-3-4-23-35-30(26-13-9-6-10-14-26,27-15-19-32(2)20-16-27)29(34)31-28-17-21-33(22-18-28)24-25-11-7-5-8-12-25/h5-14,27-28H,3-4,15-24H2,1-2H3,(H,31,34). The van der Waals surface area contributed by atoms with Crippen LogP contribution in [-0.4, -0.2) is 61.6 Å². The van der Waals surface area contributed by atoms with Crippen LogP contribution in [0.3, 0.4) is 0 Å². The van der Waals surface area contributed by atoms with Crippen LogP contribution in [0.4, 0.5) is 0 Å². The number of carbonyl (C=O) groups is 1. The predicted octanol–water partition coefficient (Wildman–Crippen LogP) is 4.82. The largest absolute Gasteiger partial charge is 0.360 e. The molecule has 2 heterocycles. The highest BCUT2D eigenvalue weighted by Crippen LogP contribution is 2.41. The SMILES string of the molecule is CCCCOC(C(=O)NC1CCN(Cc2ccccc2)CC1)(c1ccccc1)C1CCN(C)CC1. The minimum Gasteiger partial charge on any atom is -0.360 e. The lowest BCUT2D eigenvalue weighted by molar-refractivity contribution is -0.163.